The Morgan fingerprint density at radius 2 is 1.85 bits per heavy atom. The van der Waals surface area contributed by atoms with Crippen LogP contribution in [-0.2, 0) is 0 Å². The Kier molecular flexibility index (Phi) is 4.73. The molecule has 5 atom stereocenters. The molecule has 0 radical (unpaired) electrons. The molecule has 4 rings (SSSR count). The van der Waals surface area contributed by atoms with Crippen molar-refractivity contribution in [3.8, 4) is 6.07 Å². The van der Waals surface area contributed by atoms with E-state index in [4.69, 9.17) is 10.4 Å². The van der Waals surface area contributed by atoms with Crippen LogP contribution in [0.5, 0.6) is 0 Å². The lowest BCUT2D eigenvalue weighted by atomic mass is 9.89. The molecule has 1 saturated heterocycles. The van der Waals surface area contributed by atoms with E-state index in [0.717, 1.165) is 32.2 Å². The van der Waals surface area contributed by atoms with Gasteiger partial charge in [-0.1, -0.05) is 12.8 Å². The Bertz CT molecular complexity index is 699. The van der Waals surface area contributed by atoms with Crippen LogP contribution in [0, 0.1) is 17.2 Å². The zero-order valence-corrected chi connectivity index (χ0v) is 14.9. The number of benzene rings is 1. The summed E-state index contributed by atoms with van der Waals surface area (Å²) in [4.78, 5) is 13.6. The molecule has 2 aliphatic carbocycles. The van der Waals surface area contributed by atoms with Crippen LogP contribution in [-0.4, -0.2) is 41.9 Å². The molecule has 1 amide bonds. The average Bonchev–Trinajstić information content (AvgIpc) is 3.23. The van der Waals surface area contributed by atoms with E-state index in [0.29, 0.717) is 23.6 Å². The van der Waals surface area contributed by atoms with Crippen molar-refractivity contribution in [2.45, 2.75) is 62.7 Å². The molecule has 3 fully saturated rings. The summed E-state index contributed by atoms with van der Waals surface area (Å²) < 4.78 is 0. The van der Waals surface area contributed by atoms with Gasteiger partial charge in [0, 0.05) is 36.4 Å². The molecule has 0 spiro atoms. The normalized spacial score (nSPS) is 33.0. The van der Waals surface area contributed by atoms with Crippen molar-refractivity contribution in [2.24, 2.45) is 5.92 Å². The zero-order valence-electron chi connectivity index (χ0n) is 14.9. The molecule has 1 aliphatic heterocycles. The maximum absolute atomic E-state index is 11.1. The van der Waals surface area contributed by atoms with Crippen LogP contribution in [0.4, 0.5) is 10.5 Å². The first-order valence-corrected chi connectivity index (χ1v) is 9.66. The molecule has 1 aromatic carbocycles. The monoisotopic (exact) mass is 354 g/mol. The Morgan fingerprint density at radius 1 is 1.12 bits per heavy atom. The highest BCUT2D eigenvalue weighted by Gasteiger charge is 2.46. The Labute approximate surface area is 154 Å². The van der Waals surface area contributed by atoms with Gasteiger partial charge in [0.1, 0.15) is 0 Å². The molecular formula is C20H26N4O2. The number of carboxylic acid groups (broad SMARTS) is 1. The molecule has 3 N–H and O–H groups in total. The second-order valence-electron chi connectivity index (χ2n) is 7.94. The molecule has 3 aliphatic rings. The van der Waals surface area contributed by atoms with Crippen molar-refractivity contribution in [1.29, 1.82) is 5.26 Å². The predicted octanol–water partition coefficient (Wildman–Crippen LogP) is 2.69. The minimum atomic E-state index is -0.921. The van der Waals surface area contributed by atoms with Crippen LogP contribution >= 0.6 is 0 Å². The average molecular weight is 354 g/mol. The summed E-state index contributed by atoms with van der Waals surface area (Å²) in [5, 5.41) is 24.6. The van der Waals surface area contributed by atoms with Gasteiger partial charge in [-0.3, -0.25) is 0 Å². The Hall–Kier alpha value is -2.26. The number of hydrogen-bond acceptors (Lipinski definition) is 4. The summed E-state index contributed by atoms with van der Waals surface area (Å²) in [7, 11) is 0. The molecule has 2 bridgehead atoms. The smallest absolute Gasteiger partial charge is 0.404 e. The molecule has 6 nitrogen and oxygen atoms in total. The fourth-order valence-electron chi connectivity index (χ4n) is 5.17. The van der Waals surface area contributed by atoms with Gasteiger partial charge < -0.3 is 20.6 Å². The van der Waals surface area contributed by atoms with Crippen LogP contribution in [0.1, 0.15) is 44.1 Å². The van der Waals surface area contributed by atoms with E-state index in [-0.39, 0.29) is 12.1 Å². The van der Waals surface area contributed by atoms with Crippen LogP contribution in [0.25, 0.3) is 0 Å². The van der Waals surface area contributed by atoms with Crippen molar-refractivity contribution >= 4 is 11.8 Å². The van der Waals surface area contributed by atoms with Gasteiger partial charge >= 0.3 is 6.09 Å². The van der Waals surface area contributed by atoms with Gasteiger partial charge in [0.05, 0.1) is 11.6 Å². The van der Waals surface area contributed by atoms with E-state index in [1.54, 1.807) is 0 Å². The van der Waals surface area contributed by atoms with E-state index in [1.807, 2.05) is 24.3 Å². The maximum atomic E-state index is 11.1. The Balaban J connectivity index is 1.44. The quantitative estimate of drug-likeness (QED) is 0.774. The first-order chi connectivity index (χ1) is 12.6. The van der Waals surface area contributed by atoms with Gasteiger partial charge in [-0.05, 0) is 55.9 Å². The summed E-state index contributed by atoms with van der Waals surface area (Å²) in [5.74, 6) is 0.697. The number of hydrogen-bond donors (Lipinski definition) is 3. The number of amides is 1. The number of fused-ring (bicyclic) bond motifs is 2. The number of nitrogens with zero attached hydrogens (tertiary/aromatic N) is 2. The summed E-state index contributed by atoms with van der Waals surface area (Å²) in [6, 6.07) is 11.2. The number of rotatable bonds is 4. The number of carbonyl (C=O) groups is 1. The van der Waals surface area contributed by atoms with Crippen molar-refractivity contribution in [2.75, 3.05) is 11.4 Å². The highest BCUT2D eigenvalue weighted by atomic mass is 16.4. The first-order valence-electron chi connectivity index (χ1n) is 9.66. The number of nitrogens with one attached hydrogen (secondary N) is 2. The summed E-state index contributed by atoms with van der Waals surface area (Å²) >= 11 is 0. The van der Waals surface area contributed by atoms with E-state index in [2.05, 4.69) is 21.6 Å². The van der Waals surface area contributed by atoms with Crippen molar-refractivity contribution in [3.05, 3.63) is 29.8 Å². The highest BCUT2D eigenvalue weighted by Crippen LogP contribution is 2.41. The molecule has 1 heterocycles. The molecule has 6 heteroatoms. The van der Waals surface area contributed by atoms with E-state index < -0.39 is 6.09 Å². The third-order valence-corrected chi connectivity index (χ3v) is 6.31. The topological polar surface area (TPSA) is 88.4 Å². The maximum Gasteiger partial charge on any atom is 0.404 e. The lowest BCUT2D eigenvalue weighted by Crippen LogP contribution is -2.58. The number of anilines is 1. The van der Waals surface area contributed by atoms with Gasteiger partial charge in [-0.15, -0.1) is 0 Å². The van der Waals surface area contributed by atoms with Crippen LogP contribution in [0.3, 0.4) is 0 Å². The fourth-order valence-corrected chi connectivity index (χ4v) is 5.17. The second-order valence-corrected chi connectivity index (χ2v) is 7.94. The number of nitriles is 1. The molecule has 1 aromatic rings. The second kappa shape index (κ2) is 7.16. The third kappa shape index (κ3) is 3.36. The molecular weight excluding hydrogens is 328 g/mol. The van der Waals surface area contributed by atoms with Crippen LogP contribution < -0.4 is 15.5 Å². The standard InChI is InChI=1S/C20H26N4O2/c21-11-13-5-7-15(8-6-13)24-12-14-9-18(19(24)10-14)22-16-3-1-2-4-17(16)23-20(25)26/h5-8,14,16-19,22-23H,1-4,9-10,12H2,(H,25,26)/t14-,16?,17?,18-,19-/m0/s1. The molecule has 138 valence electrons. The lowest BCUT2D eigenvalue weighted by Gasteiger charge is -2.40. The highest BCUT2D eigenvalue weighted by molar-refractivity contribution is 5.65. The Morgan fingerprint density at radius 3 is 2.50 bits per heavy atom. The van der Waals surface area contributed by atoms with Crippen molar-refractivity contribution in [3.63, 3.8) is 0 Å². The summed E-state index contributed by atoms with van der Waals surface area (Å²) in [6.07, 6.45) is 5.66. The first kappa shape index (κ1) is 17.2. The molecule has 26 heavy (non-hydrogen) atoms. The largest absolute Gasteiger partial charge is 0.465 e. The van der Waals surface area contributed by atoms with Gasteiger partial charge in [-0.2, -0.15) is 5.26 Å². The lowest BCUT2D eigenvalue weighted by molar-refractivity contribution is 0.176. The summed E-state index contributed by atoms with van der Waals surface area (Å²) in [6.45, 7) is 1.08. The van der Waals surface area contributed by atoms with Crippen LogP contribution in [0.15, 0.2) is 24.3 Å². The molecule has 2 saturated carbocycles. The SMILES string of the molecule is N#Cc1ccc(N2C[C@H]3C[C@H](NC4CCCCC4NC(=O)O)[C@@H]2C3)cc1. The zero-order chi connectivity index (χ0) is 18.1. The van der Waals surface area contributed by atoms with Gasteiger partial charge in [-0.25, -0.2) is 4.79 Å². The summed E-state index contributed by atoms with van der Waals surface area (Å²) in [5.41, 5.74) is 1.88. The van der Waals surface area contributed by atoms with Crippen molar-refractivity contribution < 1.29 is 9.90 Å². The van der Waals surface area contributed by atoms with Crippen molar-refractivity contribution in [1.82, 2.24) is 10.6 Å². The van der Waals surface area contributed by atoms with E-state index in [1.165, 1.54) is 18.5 Å². The third-order valence-electron chi connectivity index (χ3n) is 6.31. The molecule has 2 unspecified atom stereocenters. The van der Waals surface area contributed by atoms with Gasteiger partial charge in [0.2, 0.25) is 0 Å². The molecule has 0 aromatic heterocycles. The minimum absolute atomic E-state index is 0.0174. The predicted molar refractivity (Wildman–Crippen MR) is 99.1 cm³/mol. The van der Waals surface area contributed by atoms with Crippen LogP contribution in [0.2, 0.25) is 0 Å². The number of piperidine rings is 1. The van der Waals surface area contributed by atoms with E-state index >= 15 is 0 Å². The van der Waals surface area contributed by atoms with Gasteiger partial charge in [0.25, 0.3) is 0 Å². The van der Waals surface area contributed by atoms with E-state index in [9.17, 15) is 4.79 Å². The fraction of sp³-hybridized carbons (Fsp3) is 0.600. The minimum Gasteiger partial charge on any atom is -0.465 e. The van der Waals surface area contributed by atoms with Gasteiger partial charge in [0.15, 0.2) is 0 Å².